The summed E-state index contributed by atoms with van der Waals surface area (Å²) in [4.78, 5) is 1.63. The molecule has 0 bridgehead atoms. The number of thiophene rings is 1. The van der Waals surface area contributed by atoms with Crippen LogP contribution in [0.3, 0.4) is 0 Å². The van der Waals surface area contributed by atoms with Gasteiger partial charge in [0.1, 0.15) is 0 Å². The number of aryl methyl sites for hydroxylation is 1. The van der Waals surface area contributed by atoms with Crippen LogP contribution in [0.5, 0.6) is 0 Å². The molecule has 1 aromatic heterocycles. The number of nitrogens with one attached hydrogen (secondary N) is 1. The van der Waals surface area contributed by atoms with E-state index in [9.17, 15) is 0 Å². The van der Waals surface area contributed by atoms with Gasteiger partial charge in [-0.05, 0) is 55.4 Å². The van der Waals surface area contributed by atoms with E-state index in [1.165, 1.54) is 57.9 Å². The molecule has 1 N–H and O–H groups in total. The van der Waals surface area contributed by atoms with E-state index in [1.807, 2.05) is 11.3 Å². The van der Waals surface area contributed by atoms with Crippen molar-refractivity contribution in [1.29, 1.82) is 0 Å². The van der Waals surface area contributed by atoms with Crippen molar-refractivity contribution in [2.45, 2.75) is 62.2 Å². The Bertz CT molecular complexity index is 407. The van der Waals surface area contributed by atoms with E-state index in [4.69, 9.17) is 0 Å². The van der Waals surface area contributed by atoms with E-state index >= 15 is 0 Å². The second-order valence-electron chi connectivity index (χ2n) is 6.07. The first-order chi connectivity index (χ1) is 9.33. The summed E-state index contributed by atoms with van der Waals surface area (Å²) < 4.78 is 0.520. The minimum atomic E-state index is 0.520. The highest BCUT2D eigenvalue weighted by Gasteiger charge is 2.32. The first-order valence-electron chi connectivity index (χ1n) is 7.68. The molecule has 3 heteroatoms. The Hall–Kier alpha value is 0.0100. The molecule has 0 aliphatic heterocycles. The molecule has 0 aromatic carbocycles. The average molecular weight is 296 g/mol. The van der Waals surface area contributed by atoms with Gasteiger partial charge in [0.05, 0.1) is 0 Å². The van der Waals surface area contributed by atoms with Crippen LogP contribution in [0.1, 0.15) is 61.4 Å². The Balaban J connectivity index is 1.63. The highest BCUT2D eigenvalue weighted by Crippen LogP contribution is 2.39. The van der Waals surface area contributed by atoms with Crippen LogP contribution in [0.25, 0.3) is 0 Å². The fourth-order valence-electron chi connectivity index (χ4n) is 3.66. The molecular weight excluding hydrogens is 270 g/mol. The quantitative estimate of drug-likeness (QED) is 0.858. The second kappa shape index (κ2) is 6.19. The summed E-state index contributed by atoms with van der Waals surface area (Å²) in [6, 6.07) is 2.98. The van der Waals surface area contributed by atoms with Crippen molar-refractivity contribution >= 4 is 23.1 Å². The number of thioether (sulfide) groups is 1. The monoisotopic (exact) mass is 295 g/mol. The van der Waals surface area contributed by atoms with Crippen LogP contribution in [0, 0.1) is 0 Å². The van der Waals surface area contributed by atoms with Crippen molar-refractivity contribution < 1.29 is 0 Å². The third kappa shape index (κ3) is 3.03. The summed E-state index contributed by atoms with van der Waals surface area (Å²) in [5.41, 5.74) is 1.60. The highest BCUT2D eigenvalue weighted by molar-refractivity contribution is 8.00. The number of fused-ring (bicyclic) bond motifs is 1. The smallest absolute Gasteiger partial charge is 0.0331 e. The van der Waals surface area contributed by atoms with E-state index in [0.717, 1.165) is 0 Å². The van der Waals surface area contributed by atoms with E-state index in [0.29, 0.717) is 10.8 Å². The lowest BCUT2D eigenvalue weighted by atomic mass is 9.87. The van der Waals surface area contributed by atoms with Gasteiger partial charge in [-0.1, -0.05) is 19.3 Å². The van der Waals surface area contributed by atoms with Gasteiger partial charge in [-0.2, -0.15) is 11.8 Å². The third-order valence-corrected chi connectivity index (χ3v) is 7.34. The van der Waals surface area contributed by atoms with Gasteiger partial charge < -0.3 is 5.32 Å². The maximum atomic E-state index is 3.91. The molecule has 1 atom stereocenters. The largest absolute Gasteiger partial charge is 0.309 e. The molecule has 1 aromatic rings. The summed E-state index contributed by atoms with van der Waals surface area (Å²) >= 11 is 4.06. The molecule has 1 saturated carbocycles. The Labute approximate surface area is 125 Å². The fourth-order valence-corrected chi connectivity index (χ4v) is 5.57. The van der Waals surface area contributed by atoms with Crippen LogP contribution in [-0.2, 0) is 6.42 Å². The molecule has 1 heterocycles. The lowest BCUT2D eigenvalue weighted by Crippen LogP contribution is -2.41. The number of rotatable bonds is 4. The van der Waals surface area contributed by atoms with E-state index in [-0.39, 0.29) is 0 Å². The normalized spacial score (nSPS) is 26.1. The van der Waals surface area contributed by atoms with E-state index in [1.54, 1.807) is 10.4 Å². The van der Waals surface area contributed by atoms with Gasteiger partial charge >= 0.3 is 0 Å². The van der Waals surface area contributed by atoms with Crippen LogP contribution in [0.2, 0.25) is 0 Å². The van der Waals surface area contributed by atoms with Gasteiger partial charge in [0.15, 0.2) is 0 Å². The minimum Gasteiger partial charge on any atom is -0.309 e. The van der Waals surface area contributed by atoms with Crippen molar-refractivity contribution in [3.05, 3.63) is 21.9 Å². The molecule has 0 saturated heterocycles. The molecule has 0 radical (unpaired) electrons. The molecular formula is C16H25NS2. The molecule has 3 rings (SSSR count). The Morgan fingerprint density at radius 1 is 1.32 bits per heavy atom. The summed E-state index contributed by atoms with van der Waals surface area (Å²) in [6.07, 6.45) is 13.4. The molecule has 1 unspecified atom stereocenters. The van der Waals surface area contributed by atoms with Gasteiger partial charge in [0.25, 0.3) is 0 Å². The third-order valence-electron chi connectivity index (χ3n) is 4.92. The highest BCUT2D eigenvalue weighted by atomic mass is 32.2. The number of hydrogen-bond donors (Lipinski definition) is 1. The SMILES string of the molecule is CSC1(CNC2CCCc3sccc32)CCCCC1. The zero-order valence-corrected chi connectivity index (χ0v) is 13.5. The topological polar surface area (TPSA) is 12.0 Å². The molecule has 2 aliphatic carbocycles. The van der Waals surface area contributed by atoms with Crippen LogP contribution >= 0.6 is 23.1 Å². The molecule has 1 fully saturated rings. The zero-order chi connectivity index (χ0) is 13.1. The van der Waals surface area contributed by atoms with Gasteiger partial charge in [-0.3, -0.25) is 0 Å². The summed E-state index contributed by atoms with van der Waals surface area (Å²) in [6.45, 7) is 1.20. The average Bonchev–Trinajstić information content (AvgIpc) is 2.95. The molecule has 106 valence electrons. The van der Waals surface area contributed by atoms with Crippen molar-refractivity contribution in [2.24, 2.45) is 0 Å². The first kappa shape index (κ1) is 14.0. The van der Waals surface area contributed by atoms with Gasteiger partial charge in [0.2, 0.25) is 0 Å². The van der Waals surface area contributed by atoms with Crippen molar-refractivity contribution in [2.75, 3.05) is 12.8 Å². The van der Waals surface area contributed by atoms with Crippen LogP contribution in [-0.4, -0.2) is 17.5 Å². The van der Waals surface area contributed by atoms with Crippen molar-refractivity contribution in [3.8, 4) is 0 Å². The standard InChI is InChI=1S/C16H25NS2/c1-18-16(9-3-2-4-10-16)12-17-14-6-5-7-15-13(14)8-11-19-15/h8,11,14,17H,2-7,9-10,12H2,1H3. The minimum absolute atomic E-state index is 0.520. The molecule has 1 nitrogen and oxygen atoms in total. The fraction of sp³-hybridized carbons (Fsp3) is 0.750. The zero-order valence-electron chi connectivity index (χ0n) is 11.9. The van der Waals surface area contributed by atoms with Crippen molar-refractivity contribution in [3.63, 3.8) is 0 Å². The first-order valence-corrected chi connectivity index (χ1v) is 9.78. The second-order valence-corrected chi connectivity index (χ2v) is 8.35. The molecule has 2 aliphatic rings. The van der Waals surface area contributed by atoms with Gasteiger partial charge in [-0.25, -0.2) is 0 Å². The predicted octanol–water partition coefficient (Wildman–Crippen LogP) is 4.78. The van der Waals surface area contributed by atoms with Crippen LogP contribution in [0.4, 0.5) is 0 Å². The van der Waals surface area contributed by atoms with Gasteiger partial charge in [-0.15, -0.1) is 11.3 Å². The lowest BCUT2D eigenvalue weighted by Gasteiger charge is -2.38. The van der Waals surface area contributed by atoms with Crippen LogP contribution < -0.4 is 5.32 Å². The molecule has 0 spiro atoms. The van der Waals surface area contributed by atoms with E-state index < -0.39 is 0 Å². The predicted molar refractivity (Wildman–Crippen MR) is 87.3 cm³/mol. The van der Waals surface area contributed by atoms with Gasteiger partial charge in [0, 0.05) is 22.2 Å². The van der Waals surface area contributed by atoms with Crippen molar-refractivity contribution in [1.82, 2.24) is 5.32 Å². The molecule has 0 amide bonds. The maximum Gasteiger partial charge on any atom is 0.0331 e. The van der Waals surface area contributed by atoms with E-state index in [2.05, 4.69) is 34.8 Å². The number of hydrogen-bond acceptors (Lipinski definition) is 3. The summed E-state index contributed by atoms with van der Waals surface area (Å²) in [7, 11) is 0. The Morgan fingerprint density at radius 2 is 2.16 bits per heavy atom. The Kier molecular flexibility index (Phi) is 4.55. The molecule has 19 heavy (non-hydrogen) atoms. The Morgan fingerprint density at radius 3 is 2.95 bits per heavy atom. The van der Waals surface area contributed by atoms with Crippen LogP contribution in [0.15, 0.2) is 11.4 Å². The summed E-state index contributed by atoms with van der Waals surface area (Å²) in [5, 5.41) is 6.18. The maximum absolute atomic E-state index is 3.91. The lowest BCUT2D eigenvalue weighted by molar-refractivity contribution is 0.351. The summed E-state index contributed by atoms with van der Waals surface area (Å²) in [5.74, 6) is 0.